The van der Waals surface area contributed by atoms with Crippen LogP contribution < -0.4 is 26.2 Å². The number of benzene rings is 5. The lowest BCUT2D eigenvalue weighted by Crippen LogP contribution is -2.61. The first-order valence-corrected chi connectivity index (χ1v) is 21.6. The van der Waals surface area contributed by atoms with Gasteiger partial charge in [-0.1, -0.05) is 133 Å². The van der Waals surface area contributed by atoms with E-state index in [9.17, 15) is 0 Å². The minimum Gasteiger partial charge on any atom is -0.311 e. The van der Waals surface area contributed by atoms with Crippen molar-refractivity contribution in [1.82, 2.24) is 0 Å². The molecular weight excluding hydrogens is 687 g/mol. The normalized spacial score (nSPS) is 19.2. The highest BCUT2D eigenvalue weighted by Crippen LogP contribution is 2.55. The maximum absolute atomic E-state index is 2.68. The van der Waals surface area contributed by atoms with Crippen LogP contribution in [0.25, 0.3) is 0 Å². The van der Waals surface area contributed by atoms with Crippen LogP contribution in [-0.4, -0.2) is 6.71 Å². The predicted octanol–water partition coefficient (Wildman–Crippen LogP) is 12.9. The zero-order valence-electron chi connectivity index (χ0n) is 37.9. The fourth-order valence-electron chi connectivity index (χ4n) is 12.0. The van der Waals surface area contributed by atoms with E-state index in [2.05, 4.69) is 199 Å². The Kier molecular flexibility index (Phi) is 7.86. The van der Waals surface area contributed by atoms with Crippen LogP contribution in [0.1, 0.15) is 154 Å². The van der Waals surface area contributed by atoms with Crippen molar-refractivity contribution in [2.75, 3.05) is 9.80 Å². The second kappa shape index (κ2) is 11.7. The van der Waals surface area contributed by atoms with Crippen LogP contribution in [0.4, 0.5) is 34.1 Å². The molecule has 5 aromatic carbocycles. The molecule has 9 rings (SSSR count). The first kappa shape index (κ1) is 38.3. The fraction of sp³-hybridized carbons (Fsp3) is 0.444. The van der Waals surface area contributed by atoms with Gasteiger partial charge in [0.25, 0.3) is 6.71 Å². The third kappa shape index (κ3) is 5.64. The SMILES string of the molecule is Cc1cc2c3c(c1)N(c1cc(C(C)(C)C)ccc1C)c1ccc(C(C)(C)C)cc1B3c1cc3c(cc1N2c1ccc2c(c1)C(C)(C)CC2(C)C)C(C)(C)CC3(C)C. The number of hydrogen-bond acceptors (Lipinski definition) is 2. The first-order chi connectivity index (χ1) is 26.3. The Morgan fingerprint density at radius 3 is 1.58 bits per heavy atom. The van der Waals surface area contributed by atoms with E-state index in [4.69, 9.17) is 0 Å². The molecule has 57 heavy (non-hydrogen) atoms. The number of anilines is 6. The van der Waals surface area contributed by atoms with Gasteiger partial charge >= 0.3 is 0 Å². The summed E-state index contributed by atoms with van der Waals surface area (Å²) in [7, 11) is 0. The van der Waals surface area contributed by atoms with Crippen LogP contribution in [0.2, 0.25) is 0 Å². The fourth-order valence-corrected chi connectivity index (χ4v) is 12.0. The summed E-state index contributed by atoms with van der Waals surface area (Å²) in [5.74, 6) is 0. The molecule has 0 aromatic heterocycles. The van der Waals surface area contributed by atoms with Crippen LogP contribution in [-0.2, 0) is 32.5 Å². The number of rotatable bonds is 2. The van der Waals surface area contributed by atoms with E-state index in [0.717, 1.165) is 12.8 Å². The largest absolute Gasteiger partial charge is 0.311 e. The van der Waals surface area contributed by atoms with E-state index in [1.54, 1.807) is 0 Å². The Labute approximate surface area is 345 Å². The van der Waals surface area contributed by atoms with Gasteiger partial charge in [-0.05, 0) is 163 Å². The van der Waals surface area contributed by atoms with E-state index in [1.165, 1.54) is 95.0 Å². The van der Waals surface area contributed by atoms with E-state index in [1.807, 2.05) is 0 Å². The lowest BCUT2D eigenvalue weighted by Gasteiger charge is -2.45. The summed E-state index contributed by atoms with van der Waals surface area (Å²) in [4.78, 5) is 5.31. The summed E-state index contributed by atoms with van der Waals surface area (Å²) in [6, 6.07) is 32.3. The summed E-state index contributed by atoms with van der Waals surface area (Å²) in [5, 5.41) is 0. The van der Waals surface area contributed by atoms with Gasteiger partial charge in [-0.2, -0.15) is 0 Å². The lowest BCUT2D eigenvalue weighted by molar-refractivity contribution is 0.403. The van der Waals surface area contributed by atoms with Gasteiger partial charge in [0.1, 0.15) is 0 Å². The van der Waals surface area contributed by atoms with Gasteiger partial charge in [-0.15, -0.1) is 0 Å². The average Bonchev–Trinajstić information content (AvgIpc) is 3.40. The molecule has 0 atom stereocenters. The van der Waals surface area contributed by atoms with E-state index < -0.39 is 0 Å². The molecular formula is C54H65BN2. The molecule has 0 fully saturated rings. The maximum atomic E-state index is 2.68. The monoisotopic (exact) mass is 753 g/mol. The van der Waals surface area contributed by atoms with Gasteiger partial charge in [0.15, 0.2) is 0 Å². The van der Waals surface area contributed by atoms with Crippen molar-refractivity contribution in [1.29, 1.82) is 0 Å². The van der Waals surface area contributed by atoms with Crippen LogP contribution in [0.5, 0.6) is 0 Å². The molecule has 0 saturated carbocycles. The summed E-state index contributed by atoms with van der Waals surface area (Å²) in [6.45, 7) is 38.4. The minimum absolute atomic E-state index is 0.0107. The van der Waals surface area contributed by atoms with Crippen LogP contribution in [0.3, 0.4) is 0 Å². The Morgan fingerprint density at radius 1 is 0.456 bits per heavy atom. The lowest BCUT2D eigenvalue weighted by atomic mass is 9.33. The van der Waals surface area contributed by atoms with Crippen molar-refractivity contribution < 1.29 is 0 Å². The van der Waals surface area contributed by atoms with Crippen LogP contribution in [0, 0.1) is 13.8 Å². The number of aryl methyl sites for hydroxylation is 2. The smallest absolute Gasteiger partial charge is 0.252 e. The number of fused-ring (bicyclic) bond motifs is 6. The molecule has 4 aliphatic rings. The molecule has 2 heterocycles. The summed E-state index contributed by atoms with van der Waals surface area (Å²) in [6.07, 6.45) is 2.30. The van der Waals surface area contributed by atoms with Crippen molar-refractivity contribution in [2.45, 2.75) is 156 Å². The van der Waals surface area contributed by atoms with Crippen molar-refractivity contribution >= 4 is 57.2 Å². The molecule has 0 saturated heterocycles. The third-order valence-corrected chi connectivity index (χ3v) is 14.5. The highest BCUT2D eigenvalue weighted by molar-refractivity contribution is 7.00. The molecule has 0 amide bonds. The van der Waals surface area contributed by atoms with Gasteiger partial charge < -0.3 is 9.80 Å². The summed E-state index contributed by atoms with van der Waals surface area (Å²) < 4.78 is 0. The second-order valence-electron chi connectivity index (χ2n) is 23.2. The highest BCUT2D eigenvalue weighted by atomic mass is 15.2. The molecule has 0 bridgehead atoms. The van der Waals surface area contributed by atoms with Gasteiger partial charge in [0, 0.05) is 34.1 Å². The summed E-state index contributed by atoms with van der Waals surface area (Å²) >= 11 is 0. The molecule has 3 heteroatoms. The molecule has 2 nitrogen and oxygen atoms in total. The third-order valence-electron chi connectivity index (χ3n) is 14.5. The van der Waals surface area contributed by atoms with E-state index in [0.29, 0.717) is 0 Å². The van der Waals surface area contributed by atoms with Crippen molar-refractivity contribution in [3.63, 3.8) is 0 Å². The number of hydrogen-bond donors (Lipinski definition) is 0. The standard InChI is InChI=1S/C54H65BN2/c1-32-23-46-48-47(24-32)57(44-26-35(50(6,7)8)18-17-33(44)2)43-22-19-34(49(3,4)5)25-41(43)55(48)42-28-39-40(54(15,16)31-53(39,13)14)29-45(42)56(46)36-20-21-37-38(27-36)52(11,12)30-51(37,9)10/h17-29H,30-31H2,1-16H3. The molecule has 0 radical (unpaired) electrons. The molecule has 294 valence electrons. The molecule has 5 aromatic rings. The zero-order valence-corrected chi connectivity index (χ0v) is 37.9. The molecule has 0 unspecified atom stereocenters. The topological polar surface area (TPSA) is 6.48 Å². The Bertz CT molecular complexity index is 2530. The Hall–Kier alpha value is -4.24. The van der Waals surface area contributed by atoms with Crippen molar-refractivity contribution in [3.05, 3.63) is 123 Å². The molecule has 2 aliphatic heterocycles. The highest BCUT2D eigenvalue weighted by Gasteiger charge is 2.49. The maximum Gasteiger partial charge on any atom is 0.252 e. The molecule has 0 N–H and O–H groups in total. The van der Waals surface area contributed by atoms with Crippen LogP contribution >= 0.6 is 0 Å². The van der Waals surface area contributed by atoms with Gasteiger partial charge in [-0.25, -0.2) is 0 Å². The number of nitrogens with zero attached hydrogens (tertiary/aromatic N) is 2. The van der Waals surface area contributed by atoms with Crippen molar-refractivity contribution in [2.24, 2.45) is 0 Å². The predicted molar refractivity (Wildman–Crippen MR) is 249 cm³/mol. The van der Waals surface area contributed by atoms with Gasteiger partial charge in [0.05, 0.1) is 0 Å². The molecule has 2 aliphatic carbocycles. The second-order valence-corrected chi connectivity index (χ2v) is 23.2. The van der Waals surface area contributed by atoms with E-state index >= 15 is 0 Å². The molecule has 0 spiro atoms. The Morgan fingerprint density at radius 2 is 0.965 bits per heavy atom. The summed E-state index contributed by atoms with van der Waals surface area (Å²) in [5.41, 5.74) is 23.8. The zero-order chi connectivity index (χ0) is 41.2. The quantitative estimate of drug-likeness (QED) is 0.162. The van der Waals surface area contributed by atoms with Gasteiger partial charge in [-0.3, -0.25) is 0 Å². The average molecular weight is 753 g/mol. The first-order valence-electron chi connectivity index (χ1n) is 21.6. The minimum atomic E-state index is 0.0107. The van der Waals surface area contributed by atoms with Crippen LogP contribution in [0.15, 0.2) is 78.9 Å². The van der Waals surface area contributed by atoms with E-state index in [-0.39, 0.29) is 39.2 Å². The van der Waals surface area contributed by atoms with Crippen molar-refractivity contribution in [3.8, 4) is 0 Å². The Balaban J connectivity index is 1.42. The van der Waals surface area contributed by atoms with Gasteiger partial charge in [0.2, 0.25) is 0 Å².